The van der Waals surface area contributed by atoms with Crippen molar-refractivity contribution in [1.82, 2.24) is 20.1 Å². The lowest BCUT2D eigenvalue weighted by molar-refractivity contribution is -0.129. The summed E-state index contributed by atoms with van der Waals surface area (Å²) in [5.74, 6) is 1.33. The van der Waals surface area contributed by atoms with Crippen LogP contribution in [0, 0.1) is 12.3 Å². The molecule has 1 unspecified atom stereocenters. The Hall–Kier alpha value is -1.73. The van der Waals surface area contributed by atoms with Gasteiger partial charge in [-0.15, -0.1) is 21.8 Å². The van der Waals surface area contributed by atoms with E-state index in [2.05, 4.69) is 34.6 Å². The van der Waals surface area contributed by atoms with Crippen LogP contribution in [0.2, 0.25) is 10.0 Å². The quantitative estimate of drug-likeness (QED) is 0.273. The van der Waals surface area contributed by atoms with Gasteiger partial charge in [0.2, 0.25) is 5.91 Å². The topological polar surface area (TPSA) is 59.8 Å². The van der Waals surface area contributed by atoms with Gasteiger partial charge in [0.1, 0.15) is 0 Å². The first-order valence-electron chi connectivity index (χ1n) is 10.1. The molecule has 1 N–H and O–H groups in total. The number of nitrogens with zero attached hydrogens (tertiary/aromatic N) is 3. The van der Waals surface area contributed by atoms with Crippen LogP contribution in [0.1, 0.15) is 43.8 Å². The van der Waals surface area contributed by atoms with E-state index in [1.54, 1.807) is 37.7 Å². The highest BCUT2D eigenvalue weighted by atomic mass is 35.5. The molecule has 0 fully saturated rings. The molecule has 32 heavy (non-hydrogen) atoms. The van der Waals surface area contributed by atoms with Gasteiger partial charge in [0, 0.05) is 16.7 Å². The van der Waals surface area contributed by atoms with Gasteiger partial charge in [0.05, 0.1) is 22.2 Å². The number of aryl methyl sites for hydroxylation is 1. The van der Waals surface area contributed by atoms with Crippen molar-refractivity contribution < 1.29 is 4.79 Å². The lowest BCUT2D eigenvalue weighted by Crippen LogP contribution is -2.40. The summed E-state index contributed by atoms with van der Waals surface area (Å²) < 4.78 is 1.88. The molecule has 1 atom stereocenters. The number of carbonyl (C=O) groups excluding carboxylic acids is 1. The summed E-state index contributed by atoms with van der Waals surface area (Å²) in [6.45, 7) is 7.54. The van der Waals surface area contributed by atoms with Crippen LogP contribution in [0.3, 0.4) is 0 Å². The van der Waals surface area contributed by atoms with Gasteiger partial charge in [0.25, 0.3) is 0 Å². The van der Waals surface area contributed by atoms with Crippen molar-refractivity contribution in [1.29, 1.82) is 0 Å². The monoisotopic (exact) mass is 510 g/mol. The van der Waals surface area contributed by atoms with E-state index in [0.717, 1.165) is 5.75 Å². The first-order valence-corrected chi connectivity index (χ1v) is 12.4. The minimum absolute atomic E-state index is 0.161. The number of nitrogens with one attached hydrogen (secondary N) is 1. The summed E-state index contributed by atoms with van der Waals surface area (Å²) in [5, 5.41) is 13.5. The second-order valence-corrected chi connectivity index (χ2v) is 10.3. The average molecular weight is 512 g/mol. The highest BCUT2D eigenvalue weighted by molar-refractivity contribution is 7.98. The maximum Gasteiger partial charge on any atom is 0.227 e. The Morgan fingerprint density at radius 3 is 2.56 bits per heavy atom. The summed E-state index contributed by atoms with van der Waals surface area (Å²) in [7, 11) is 0. The molecule has 9 heteroatoms. The maximum atomic E-state index is 12.7. The Balaban J connectivity index is 1.98. The van der Waals surface area contributed by atoms with Crippen molar-refractivity contribution in [2.75, 3.05) is 5.88 Å². The second kappa shape index (κ2) is 10.5. The predicted molar refractivity (Wildman–Crippen MR) is 133 cm³/mol. The van der Waals surface area contributed by atoms with E-state index in [0.29, 0.717) is 26.7 Å². The summed E-state index contributed by atoms with van der Waals surface area (Å²) in [6.07, 6.45) is 0. The van der Waals surface area contributed by atoms with Gasteiger partial charge in [-0.25, -0.2) is 0 Å². The molecule has 0 aliphatic carbocycles. The van der Waals surface area contributed by atoms with E-state index < -0.39 is 11.5 Å². The van der Waals surface area contributed by atoms with Crippen LogP contribution in [-0.4, -0.2) is 26.6 Å². The Morgan fingerprint density at radius 2 is 1.91 bits per heavy atom. The van der Waals surface area contributed by atoms with Crippen molar-refractivity contribution in [3.8, 4) is 5.69 Å². The van der Waals surface area contributed by atoms with Crippen molar-refractivity contribution in [2.24, 2.45) is 5.41 Å². The smallest absolute Gasteiger partial charge is 0.227 e. The van der Waals surface area contributed by atoms with Crippen molar-refractivity contribution in [3.63, 3.8) is 0 Å². The van der Waals surface area contributed by atoms with Crippen molar-refractivity contribution in [2.45, 2.75) is 44.6 Å². The lowest BCUT2D eigenvalue weighted by Gasteiger charge is -2.24. The van der Waals surface area contributed by atoms with E-state index in [1.807, 2.05) is 29.7 Å². The van der Waals surface area contributed by atoms with E-state index in [9.17, 15) is 4.79 Å². The molecule has 0 aliphatic heterocycles. The number of thioether (sulfide) groups is 1. The molecular formula is C23H25Cl3N4OS. The number of carbonyl (C=O) groups is 1. The number of hydrogen-bond donors (Lipinski definition) is 1. The molecule has 3 rings (SSSR count). The van der Waals surface area contributed by atoms with E-state index in [1.165, 1.54) is 11.1 Å². The van der Waals surface area contributed by atoms with Crippen LogP contribution in [0.25, 0.3) is 5.69 Å². The van der Waals surface area contributed by atoms with Crippen molar-refractivity contribution in [3.05, 3.63) is 69.5 Å². The molecule has 170 valence electrons. The third-order valence-electron chi connectivity index (χ3n) is 5.11. The Kier molecular flexibility index (Phi) is 8.15. The normalized spacial score (nSPS) is 12.6. The number of amides is 1. The number of halogens is 3. The minimum atomic E-state index is -0.707. The van der Waals surface area contributed by atoms with Gasteiger partial charge in [-0.2, -0.15) is 0 Å². The second-order valence-electron chi connectivity index (χ2n) is 8.20. The molecule has 1 aromatic heterocycles. The fourth-order valence-electron chi connectivity index (χ4n) is 2.98. The van der Waals surface area contributed by atoms with Gasteiger partial charge in [-0.05, 0) is 57.0 Å². The Morgan fingerprint density at radius 1 is 1.19 bits per heavy atom. The van der Waals surface area contributed by atoms with E-state index >= 15 is 0 Å². The lowest BCUT2D eigenvalue weighted by atomic mass is 9.95. The molecule has 0 spiro atoms. The van der Waals surface area contributed by atoms with Crippen molar-refractivity contribution >= 4 is 52.5 Å². The Bertz CT molecular complexity index is 1120. The molecule has 2 aromatic carbocycles. The van der Waals surface area contributed by atoms with Gasteiger partial charge in [0.15, 0.2) is 11.0 Å². The summed E-state index contributed by atoms with van der Waals surface area (Å²) in [5.41, 5.74) is 2.41. The third-order valence-corrected chi connectivity index (χ3v) is 7.29. The predicted octanol–water partition coefficient (Wildman–Crippen LogP) is 6.62. The molecule has 0 aliphatic rings. The highest BCUT2D eigenvalue weighted by Crippen LogP contribution is 2.33. The standard InChI is InChI=1S/C23H25Cl3N4OS/c1-14-7-5-6-8-16(14)12-32-22-29-28-20(15(2)27-21(31)23(3,4)13-24)30(22)19-10-9-17(25)11-18(19)26/h5-11,15H,12-13H2,1-4H3,(H,27,31). The average Bonchev–Trinajstić information content (AvgIpc) is 3.17. The van der Waals surface area contributed by atoms with Crippen LogP contribution in [0.5, 0.6) is 0 Å². The van der Waals surface area contributed by atoms with Crippen LogP contribution in [0.15, 0.2) is 47.6 Å². The van der Waals surface area contributed by atoms with Crippen LogP contribution in [-0.2, 0) is 10.5 Å². The molecule has 5 nitrogen and oxygen atoms in total. The van der Waals surface area contributed by atoms with Crippen LogP contribution < -0.4 is 5.32 Å². The minimum Gasteiger partial charge on any atom is -0.346 e. The highest BCUT2D eigenvalue weighted by Gasteiger charge is 2.30. The van der Waals surface area contributed by atoms with Gasteiger partial charge in [-0.1, -0.05) is 59.2 Å². The molecule has 0 saturated carbocycles. The number of rotatable bonds is 8. The number of hydrogen-bond acceptors (Lipinski definition) is 4. The molecule has 0 bridgehead atoms. The molecule has 1 heterocycles. The molecule has 1 amide bonds. The summed E-state index contributed by atoms with van der Waals surface area (Å²) >= 11 is 20.2. The zero-order chi connectivity index (χ0) is 23.5. The SMILES string of the molecule is Cc1ccccc1CSc1nnc(C(C)NC(=O)C(C)(C)CCl)n1-c1ccc(Cl)cc1Cl. The molecular weight excluding hydrogens is 487 g/mol. The van der Waals surface area contributed by atoms with Gasteiger partial charge >= 0.3 is 0 Å². The largest absolute Gasteiger partial charge is 0.346 e. The first kappa shape index (κ1) is 24.9. The van der Waals surface area contributed by atoms with E-state index in [-0.39, 0.29) is 11.8 Å². The number of aromatic nitrogens is 3. The zero-order valence-corrected chi connectivity index (χ0v) is 21.4. The first-order chi connectivity index (χ1) is 15.1. The fraction of sp³-hybridized carbons (Fsp3) is 0.348. The fourth-order valence-corrected chi connectivity index (χ4v) is 4.62. The molecule has 0 radical (unpaired) electrons. The molecule has 0 saturated heterocycles. The van der Waals surface area contributed by atoms with Gasteiger partial charge in [-0.3, -0.25) is 9.36 Å². The maximum absolute atomic E-state index is 12.7. The van der Waals surface area contributed by atoms with Crippen LogP contribution in [0.4, 0.5) is 0 Å². The Labute approximate surface area is 207 Å². The van der Waals surface area contributed by atoms with E-state index in [4.69, 9.17) is 34.8 Å². The van der Waals surface area contributed by atoms with Gasteiger partial charge < -0.3 is 5.32 Å². The third kappa shape index (κ3) is 5.60. The summed E-state index contributed by atoms with van der Waals surface area (Å²) in [4.78, 5) is 12.7. The summed E-state index contributed by atoms with van der Waals surface area (Å²) in [6, 6.07) is 13.1. The number of alkyl halides is 1. The molecule has 3 aromatic rings. The zero-order valence-electron chi connectivity index (χ0n) is 18.3. The van der Waals surface area contributed by atoms with Crippen LogP contribution >= 0.6 is 46.6 Å². The number of benzene rings is 2.